The number of fused-ring (bicyclic) bond motifs is 1. The van der Waals surface area contributed by atoms with Gasteiger partial charge >= 0.3 is 0 Å². The maximum Gasteiger partial charge on any atom is 0.244 e. The number of rotatable bonds is 3. The minimum Gasteiger partial charge on any atom is -0.347 e. The van der Waals surface area contributed by atoms with Crippen molar-refractivity contribution in [1.82, 2.24) is 24.2 Å². The van der Waals surface area contributed by atoms with Gasteiger partial charge in [0.2, 0.25) is 5.91 Å². The minimum absolute atomic E-state index is 0.00418. The average Bonchev–Trinajstić information content (AvgIpc) is 2.86. The fourth-order valence-electron chi connectivity index (χ4n) is 2.33. The highest BCUT2D eigenvalue weighted by atomic mass is 35.5. The average molecular weight is 284 g/mol. The number of aryl methyl sites for hydroxylation is 2. The van der Waals surface area contributed by atoms with E-state index in [0.717, 1.165) is 16.9 Å². The van der Waals surface area contributed by atoms with Crippen LogP contribution in [0.3, 0.4) is 0 Å². The summed E-state index contributed by atoms with van der Waals surface area (Å²) < 4.78 is 3.61. The summed E-state index contributed by atoms with van der Waals surface area (Å²) in [5.41, 5.74) is 2.47. The first-order valence-corrected chi connectivity index (χ1v) is 6.59. The lowest BCUT2D eigenvalue weighted by molar-refractivity contribution is -0.131. The van der Waals surface area contributed by atoms with Gasteiger partial charge in [-0.2, -0.15) is 5.10 Å². The van der Waals surface area contributed by atoms with E-state index >= 15 is 0 Å². The van der Waals surface area contributed by atoms with Crippen molar-refractivity contribution in [2.75, 3.05) is 14.1 Å². The highest BCUT2D eigenvalue weighted by Crippen LogP contribution is 2.24. The summed E-state index contributed by atoms with van der Waals surface area (Å²) in [5.74, 6) is 0.957. The van der Waals surface area contributed by atoms with Crippen molar-refractivity contribution in [1.29, 1.82) is 0 Å². The van der Waals surface area contributed by atoms with Gasteiger partial charge in [-0.25, -0.2) is 4.98 Å². The molecule has 0 aromatic carbocycles. The summed E-state index contributed by atoms with van der Waals surface area (Å²) in [7, 11) is 5.32. The third kappa shape index (κ3) is 2.10. The van der Waals surface area contributed by atoms with E-state index in [9.17, 15) is 4.79 Å². The molecule has 2 aromatic rings. The van der Waals surface area contributed by atoms with Gasteiger partial charge in [0.05, 0.1) is 11.6 Å². The first-order valence-electron chi connectivity index (χ1n) is 6.06. The zero-order chi connectivity index (χ0) is 14.3. The maximum atomic E-state index is 12.2. The van der Waals surface area contributed by atoms with Gasteiger partial charge in [0.25, 0.3) is 0 Å². The van der Waals surface area contributed by atoms with Gasteiger partial charge < -0.3 is 4.90 Å². The Morgan fingerprint density at radius 1 is 1.47 bits per heavy atom. The number of amides is 1. The highest BCUT2D eigenvalue weighted by Gasteiger charge is 2.25. The van der Waals surface area contributed by atoms with E-state index in [1.807, 2.05) is 25.5 Å². The van der Waals surface area contributed by atoms with Crippen LogP contribution in [0.2, 0.25) is 0 Å². The van der Waals surface area contributed by atoms with Crippen LogP contribution in [0.1, 0.15) is 24.5 Å². The van der Waals surface area contributed by atoms with Gasteiger partial charge in [-0.15, -0.1) is 11.6 Å². The topological polar surface area (TPSA) is 56.0 Å². The number of halogens is 1. The van der Waals surface area contributed by atoms with Gasteiger partial charge in [-0.1, -0.05) is 0 Å². The van der Waals surface area contributed by atoms with Gasteiger partial charge in [0.15, 0.2) is 5.65 Å². The molecule has 6 nitrogen and oxygen atoms in total. The summed E-state index contributed by atoms with van der Waals surface area (Å²) in [6.07, 6.45) is 0. The molecule has 0 spiro atoms. The largest absolute Gasteiger partial charge is 0.347 e. The SMILES string of the molecule is Cc1nn(C)c2c1nc(CCl)n2C(C)C(=O)N(C)C. The van der Waals surface area contributed by atoms with Crippen LogP contribution < -0.4 is 0 Å². The summed E-state index contributed by atoms with van der Waals surface area (Å²) in [6, 6.07) is -0.358. The first-order chi connectivity index (χ1) is 8.88. The number of alkyl halides is 1. The molecule has 0 fully saturated rings. The van der Waals surface area contributed by atoms with Crippen molar-refractivity contribution in [2.45, 2.75) is 25.8 Å². The Morgan fingerprint density at radius 3 is 2.63 bits per heavy atom. The quantitative estimate of drug-likeness (QED) is 0.802. The van der Waals surface area contributed by atoms with E-state index in [0.29, 0.717) is 5.82 Å². The molecule has 0 bridgehead atoms. The number of likely N-dealkylation sites (N-methyl/N-ethyl adjacent to an activating group) is 1. The minimum atomic E-state index is -0.358. The molecule has 1 amide bonds. The van der Waals surface area contributed by atoms with E-state index in [1.165, 1.54) is 0 Å². The van der Waals surface area contributed by atoms with E-state index < -0.39 is 0 Å². The van der Waals surface area contributed by atoms with Crippen molar-refractivity contribution in [3.63, 3.8) is 0 Å². The molecule has 0 aliphatic heterocycles. The Morgan fingerprint density at radius 2 is 2.11 bits per heavy atom. The number of carbonyl (C=O) groups excluding carboxylic acids is 1. The van der Waals surface area contributed by atoms with Crippen LogP contribution >= 0.6 is 11.6 Å². The zero-order valence-electron chi connectivity index (χ0n) is 11.8. The molecular formula is C12H18ClN5O. The Kier molecular flexibility index (Phi) is 3.54. The summed E-state index contributed by atoms with van der Waals surface area (Å²) in [5, 5.41) is 4.34. The van der Waals surface area contributed by atoms with Gasteiger partial charge in [-0.3, -0.25) is 14.0 Å². The second-order valence-corrected chi connectivity index (χ2v) is 5.09. The van der Waals surface area contributed by atoms with Gasteiger partial charge in [0.1, 0.15) is 17.4 Å². The van der Waals surface area contributed by atoms with Crippen LogP contribution in [-0.2, 0) is 17.7 Å². The molecule has 2 heterocycles. The van der Waals surface area contributed by atoms with Crippen molar-refractivity contribution < 1.29 is 4.79 Å². The Balaban J connectivity index is 2.66. The van der Waals surface area contributed by atoms with E-state index in [4.69, 9.17) is 11.6 Å². The molecular weight excluding hydrogens is 266 g/mol. The van der Waals surface area contributed by atoms with Crippen LogP contribution in [0.5, 0.6) is 0 Å². The van der Waals surface area contributed by atoms with Crippen LogP contribution in [-0.4, -0.2) is 44.2 Å². The molecule has 7 heteroatoms. The number of hydrogen-bond acceptors (Lipinski definition) is 3. The molecule has 0 radical (unpaired) electrons. The summed E-state index contributed by atoms with van der Waals surface area (Å²) in [6.45, 7) is 3.75. The fourth-order valence-corrected chi connectivity index (χ4v) is 2.51. The van der Waals surface area contributed by atoms with Crippen LogP contribution in [0.25, 0.3) is 11.2 Å². The third-order valence-corrected chi connectivity index (χ3v) is 3.45. The van der Waals surface area contributed by atoms with E-state index in [2.05, 4.69) is 10.1 Å². The molecule has 0 N–H and O–H groups in total. The lowest BCUT2D eigenvalue weighted by Crippen LogP contribution is -2.31. The van der Waals surface area contributed by atoms with Crippen LogP contribution in [0.4, 0.5) is 0 Å². The van der Waals surface area contributed by atoms with Gasteiger partial charge in [0, 0.05) is 21.1 Å². The summed E-state index contributed by atoms with van der Waals surface area (Å²) >= 11 is 5.96. The molecule has 19 heavy (non-hydrogen) atoms. The molecule has 0 saturated heterocycles. The Hall–Kier alpha value is -1.56. The third-order valence-electron chi connectivity index (χ3n) is 3.21. The van der Waals surface area contributed by atoms with E-state index in [1.54, 1.807) is 23.7 Å². The molecule has 0 saturated carbocycles. The lowest BCUT2D eigenvalue weighted by Gasteiger charge is -2.20. The second kappa shape index (κ2) is 4.85. The smallest absolute Gasteiger partial charge is 0.244 e. The predicted octanol–water partition coefficient (Wildman–Crippen LogP) is 1.47. The van der Waals surface area contributed by atoms with Crippen molar-refractivity contribution in [3.05, 3.63) is 11.5 Å². The van der Waals surface area contributed by atoms with Gasteiger partial charge in [-0.05, 0) is 13.8 Å². The fraction of sp³-hybridized carbons (Fsp3) is 0.583. The predicted molar refractivity (Wildman–Crippen MR) is 74.2 cm³/mol. The molecule has 0 aliphatic carbocycles. The van der Waals surface area contributed by atoms with Crippen LogP contribution in [0, 0.1) is 6.92 Å². The molecule has 0 aliphatic rings. The van der Waals surface area contributed by atoms with E-state index in [-0.39, 0.29) is 17.8 Å². The molecule has 104 valence electrons. The molecule has 2 rings (SSSR count). The lowest BCUT2D eigenvalue weighted by atomic mass is 10.3. The van der Waals surface area contributed by atoms with Crippen molar-refractivity contribution in [2.24, 2.45) is 7.05 Å². The van der Waals surface area contributed by atoms with Crippen molar-refractivity contribution >= 4 is 28.7 Å². The number of imidazole rings is 1. The first kappa shape index (κ1) is 13.9. The zero-order valence-corrected chi connectivity index (χ0v) is 12.6. The molecule has 1 unspecified atom stereocenters. The Labute approximate surface area is 117 Å². The standard InChI is InChI=1S/C12H18ClN5O/c1-7-10-11(17(5)15-7)18(9(6-13)14-10)8(2)12(19)16(3)4/h8H,6H2,1-5H3. The summed E-state index contributed by atoms with van der Waals surface area (Å²) in [4.78, 5) is 18.2. The monoisotopic (exact) mass is 283 g/mol. The second-order valence-electron chi connectivity index (χ2n) is 4.82. The normalized spacial score (nSPS) is 12.9. The number of nitrogens with zero attached hydrogens (tertiary/aromatic N) is 5. The number of carbonyl (C=O) groups is 1. The van der Waals surface area contributed by atoms with Crippen LogP contribution in [0.15, 0.2) is 0 Å². The number of aromatic nitrogens is 4. The maximum absolute atomic E-state index is 12.2. The Bertz CT molecular complexity index is 628. The number of hydrogen-bond donors (Lipinski definition) is 0. The molecule has 1 atom stereocenters. The van der Waals surface area contributed by atoms with Crippen molar-refractivity contribution in [3.8, 4) is 0 Å². The molecule has 2 aromatic heterocycles. The highest BCUT2D eigenvalue weighted by molar-refractivity contribution is 6.16.